The highest BCUT2D eigenvalue weighted by atomic mass is 15.0. The summed E-state index contributed by atoms with van der Waals surface area (Å²) in [6.07, 6.45) is 17.9. The summed E-state index contributed by atoms with van der Waals surface area (Å²) in [5.74, 6) is 0. The Morgan fingerprint density at radius 1 is 0.278 bits per heavy atom. The molecule has 15 rings (SSSR count). The molecule has 2 nitrogen and oxygen atoms in total. The quantitative estimate of drug-likeness (QED) is 0.0673. The molecule has 11 aromatic carbocycles. The van der Waals surface area contributed by atoms with E-state index >= 15 is 0 Å². The number of hydrogen-bond acceptors (Lipinski definition) is 0. The second-order valence-electron chi connectivity index (χ2n) is 27.2. The minimum Gasteiger partial charge on any atom is -0.309 e. The van der Waals surface area contributed by atoms with Crippen molar-refractivity contribution < 1.29 is 0 Å². The van der Waals surface area contributed by atoms with Crippen LogP contribution in [0.1, 0.15) is 151 Å². The third kappa shape index (κ3) is 10.0. The molecule has 2 aromatic heterocycles. The molecule has 446 valence electrons. The summed E-state index contributed by atoms with van der Waals surface area (Å²) in [5.41, 5.74) is 31.3. The van der Waals surface area contributed by atoms with Crippen LogP contribution in [0.25, 0.3) is 122 Å². The smallest absolute Gasteiger partial charge is 0.0541 e. The summed E-state index contributed by atoms with van der Waals surface area (Å²) in [6.45, 7) is 13.8. The van der Waals surface area contributed by atoms with Crippen molar-refractivity contribution in [2.45, 2.75) is 142 Å². The Kier molecular flexibility index (Phi) is 15.2. The average Bonchev–Trinajstić information content (AvgIpc) is 1.59. The molecule has 2 aliphatic rings. The monoisotopic (exact) mass is 1170 g/mol. The lowest BCUT2D eigenvalue weighted by Crippen LogP contribution is -2.25. The zero-order valence-corrected chi connectivity index (χ0v) is 53.7. The van der Waals surface area contributed by atoms with E-state index in [4.69, 9.17) is 0 Å². The highest BCUT2D eigenvalue weighted by Gasteiger charge is 2.43. The van der Waals surface area contributed by atoms with E-state index in [9.17, 15) is 0 Å². The number of para-hydroxylation sites is 2. The largest absolute Gasteiger partial charge is 0.309 e. The number of aryl methyl sites for hydroxylation is 2. The van der Waals surface area contributed by atoms with Crippen LogP contribution in [0.4, 0.5) is 0 Å². The van der Waals surface area contributed by atoms with E-state index in [2.05, 4.69) is 281 Å². The van der Waals surface area contributed by atoms with Gasteiger partial charge in [0.15, 0.2) is 0 Å². The van der Waals surface area contributed by atoms with E-state index in [1.54, 1.807) is 5.56 Å². The molecule has 13 aromatic rings. The van der Waals surface area contributed by atoms with Crippen molar-refractivity contribution >= 4 is 43.6 Å². The van der Waals surface area contributed by atoms with Gasteiger partial charge in [-0.3, -0.25) is 0 Å². The van der Waals surface area contributed by atoms with Gasteiger partial charge in [-0.2, -0.15) is 0 Å². The van der Waals surface area contributed by atoms with Gasteiger partial charge in [-0.05, 0) is 194 Å². The molecule has 0 aliphatic heterocycles. The molecule has 0 amide bonds. The molecule has 2 heterocycles. The molecule has 0 atom stereocenters. The first-order valence-electron chi connectivity index (χ1n) is 34.0. The number of rotatable bonds is 20. The summed E-state index contributed by atoms with van der Waals surface area (Å²) in [5, 5.41) is 5.06. The Morgan fingerprint density at radius 2 is 0.711 bits per heavy atom. The molecule has 0 radical (unpaired) electrons. The van der Waals surface area contributed by atoms with Gasteiger partial charge in [0.2, 0.25) is 0 Å². The van der Waals surface area contributed by atoms with Gasteiger partial charge in [0.05, 0.1) is 22.1 Å². The molecule has 2 aliphatic carbocycles. The van der Waals surface area contributed by atoms with Gasteiger partial charge in [0.1, 0.15) is 0 Å². The van der Waals surface area contributed by atoms with E-state index in [1.807, 2.05) is 0 Å². The minimum atomic E-state index is -0.0695. The maximum atomic E-state index is 2.65. The fourth-order valence-electron chi connectivity index (χ4n) is 16.3. The molecular weight excluding hydrogens is 1080 g/mol. The van der Waals surface area contributed by atoms with E-state index in [1.165, 1.54) is 239 Å². The summed E-state index contributed by atoms with van der Waals surface area (Å²) in [6, 6.07) is 89.0. The van der Waals surface area contributed by atoms with Crippen LogP contribution in [0, 0.1) is 13.8 Å². The van der Waals surface area contributed by atoms with Crippen molar-refractivity contribution in [1.29, 1.82) is 0 Å². The molecule has 90 heavy (non-hydrogen) atoms. The molecule has 0 bridgehead atoms. The van der Waals surface area contributed by atoms with Crippen LogP contribution < -0.4 is 0 Å². The Morgan fingerprint density at radius 3 is 1.30 bits per heavy atom. The molecule has 0 N–H and O–H groups in total. The lowest BCUT2D eigenvalue weighted by molar-refractivity contribution is 0.398. The Hall–Kier alpha value is -8.98. The van der Waals surface area contributed by atoms with Crippen molar-refractivity contribution in [3.63, 3.8) is 0 Å². The van der Waals surface area contributed by atoms with Crippen molar-refractivity contribution in [2.24, 2.45) is 0 Å². The van der Waals surface area contributed by atoms with Crippen molar-refractivity contribution in [1.82, 2.24) is 9.13 Å². The maximum Gasteiger partial charge on any atom is 0.0541 e. The predicted molar refractivity (Wildman–Crippen MR) is 386 cm³/mol. The first-order valence-corrected chi connectivity index (χ1v) is 34.0. The van der Waals surface area contributed by atoms with Crippen LogP contribution >= 0.6 is 0 Å². The van der Waals surface area contributed by atoms with Crippen LogP contribution in [0.5, 0.6) is 0 Å². The van der Waals surface area contributed by atoms with Gasteiger partial charge in [-0.1, -0.05) is 268 Å². The number of unbranched alkanes of at least 4 members (excludes halogenated alkanes) is 10. The summed E-state index contributed by atoms with van der Waals surface area (Å²) in [4.78, 5) is 0. The Bertz CT molecular complexity index is 4830. The van der Waals surface area contributed by atoms with Crippen LogP contribution in [0.2, 0.25) is 0 Å². The molecule has 0 fully saturated rings. The first kappa shape index (κ1) is 57.5. The average molecular weight is 1170 g/mol. The fraction of sp³-hybridized carbons (Fsp3) is 0.250. The summed E-state index contributed by atoms with van der Waals surface area (Å²) >= 11 is 0. The van der Waals surface area contributed by atoms with Gasteiger partial charge >= 0.3 is 0 Å². The molecule has 0 unspecified atom stereocenters. The van der Waals surface area contributed by atoms with Crippen LogP contribution in [0.15, 0.2) is 231 Å². The van der Waals surface area contributed by atoms with Gasteiger partial charge in [-0.25, -0.2) is 0 Å². The third-order valence-corrected chi connectivity index (χ3v) is 21.0. The van der Waals surface area contributed by atoms with E-state index < -0.39 is 0 Å². The van der Waals surface area contributed by atoms with Crippen molar-refractivity contribution in [3.05, 3.63) is 264 Å². The molecule has 0 saturated heterocycles. The molecule has 0 saturated carbocycles. The predicted octanol–water partition coefficient (Wildman–Crippen LogP) is 25.2. The Labute approximate surface area is 533 Å². The Balaban J connectivity index is 0.800. The standard InChI is InChI=1S/C88H84N2/c1-7-9-11-13-15-23-49-88(50-24-16-14-12-10-8-2)81-56-66(63-37-35-62(36-38-63)61-33-31-59(3)32-34-61)39-44-72(81)73-45-40-67(57-82(73)88)68-51-60(4)52-70(53-68)90-84-30-22-19-27-75(84)78-55-65(42-48-86(78)90)64-41-47-85-77(54-64)74-26-18-21-29-83(74)89(85)69-43-46-80-76(58-69)71-25-17-20-28-79(71)87(80,5)6/h17-22,25-48,51-58H,7-16,23-24,49-50H2,1-6H3. The fourth-order valence-corrected chi connectivity index (χ4v) is 16.3. The van der Waals surface area contributed by atoms with Crippen LogP contribution in [0.3, 0.4) is 0 Å². The third-order valence-electron chi connectivity index (χ3n) is 21.0. The highest BCUT2D eigenvalue weighted by molar-refractivity contribution is 6.13. The van der Waals surface area contributed by atoms with Crippen molar-refractivity contribution in [2.75, 3.05) is 0 Å². The lowest BCUT2D eigenvalue weighted by atomic mass is 9.70. The van der Waals surface area contributed by atoms with E-state index in [-0.39, 0.29) is 10.8 Å². The number of nitrogens with zero attached hydrogens (tertiary/aromatic N) is 2. The number of aromatic nitrogens is 2. The van der Waals surface area contributed by atoms with Crippen molar-refractivity contribution in [3.8, 4) is 78.1 Å². The second kappa shape index (κ2) is 23.8. The number of hydrogen-bond donors (Lipinski definition) is 0. The highest BCUT2D eigenvalue weighted by Crippen LogP contribution is 2.56. The zero-order valence-electron chi connectivity index (χ0n) is 53.7. The van der Waals surface area contributed by atoms with Gasteiger partial charge in [-0.15, -0.1) is 0 Å². The topological polar surface area (TPSA) is 9.86 Å². The summed E-state index contributed by atoms with van der Waals surface area (Å²) in [7, 11) is 0. The number of fused-ring (bicyclic) bond motifs is 12. The van der Waals surface area contributed by atoms with E-state index in [0.29, 0.717) is 0 Å². The van der Waals surface area contributed by atoms with Gasteiger partial charge in [0, 0.05) is 43.7 Å². The summed E-state index contributed by atoms with van der Waals surface area (Å²) < 4.78 is 5.00. The normalized spacial score (nSPS) is 13.6. The van der Waals surface area contributed by atoms with Crippen LogP contribution in [-0.4, -0.2) is 9.13 Å². The van der Waals surface area contributed by atoms with Gasteiger partial charge in [0.25, 0.3) is 0 Å². The molecule has 2 heteroatoms. The molecular formula is C88H84N2. The molecule has 0 spiro atoms. The van der Waals surface area contributed by atoms with E-state index in [0.717, 1.165) is 0 Å². The van der Waals surface area contributed by atoms with Gasteiger partial charge < -0.3 is 9.13 Å². The number of benzene rings is 11. The zero-order chi connectivity index (χ0) is 61.1. The second-order valence-corrected chi connectivity index (χ2v) is 27.2. The first-order chi connectivity index (χ1) is 44.1. The van der Waals surface area contributed by atoms with Crippen LogP contribution in [-0.2, 0) is 10.8 Å². The lowest BCUT2D eigenvalue weighted by Gasteiger charge is -2.33. The SMILES string of the molecule is CCCCCCCCC1(CCCCCCCC)c2cc(-c3ccc(-c4ccc(C)cc4)cc3)ccc2-c2ccc(-c3cc(C)cc(-n4c5ccccc5c5cc(-c6ccc7c(c6)c6ccccc6n7-c6ccc7c(c6)-c6ccccc6C7(C)C)ccc54)c3)cc21. The maximum absolute atomic E-state index is 2.65. The minimum absolute atomic E-state index is 0.0363.